The molecule has 0 aliphatic heterocycles. The fraction of sp³-hybridized carbons (Fsp3) is 0.542. The highest BCUT2D eigenvalue weighted by molar-refractivity contribution is 7.81. The molecule has 0 saturated heterocycles. The zero-order valence-corrected chi connectivity index (χ0v) is 40.4. The van der Waals surface area contributed by atoms with E-state index in [9.17, 15) is 32.7 Å². The molecule has 3 unspecified atom stereocenters. The monoisotopic (exact) mass is 974 g/mol. The molecule has 3 aliphatic rings. The predicted octanol–water partition coefficient (Wildman–Crippen LogP) is 10.1. The number of ether oxygens (including phenoxy) is 3. The highest BCUT2D eigenvalue weighted by atomic mass is 35.5. The second kappa shape index (κ2) is 35.1. The van der Waals surface area contributed by atoms with E-state index >= 15 is 0 Å². The molecule has 3 aromatic carbocycles. The lowest BCUT2D eigenvalue weighted by Crippen LogP contribution is -2.24. The van der Waals surface area contributed by atoms with Crippen LogP contribution in [0.5, 0.6) is 0 Å². The number of carboxylic acid groups (broad SMARTS) is 1. The molecule has 3 N–H and O–H groups in total. The number of aliphatic hydroxyl groups is 1. The number of rotatable bonds is 12. The van der Waals surface area contributed by atoms with Crippen molar-refractivity contribution in [3.05, 3.63) is 108 Å². The first kappa shape index (κ1) is 60.9. The van der Waals surface area contributed by atoms with E-state index in [1.165, 1.54) is 79.1 Å². The number of halogens is 2. The Bertz CT molecular complexity index is 1740. The van der Waals surface area contributed by atoms with Crippen molar-refractivity contribution in [2.45, 2.75) is 114 Å². The van der Waals surface area contributed by atoms with Gasteiger partial charge in [-0.3, -0.25) is 14.4 Å². The van der Waals surface area contributed by atoms with E-state index in [0.29, 0.717) is 17.8 Å². The van der Waals surface area contributed by atoms with Crippen molar-refractivity contribution in [2.75, 3.05) is 35.0 Å². The van der Waals surface area contributed by atoms with E-state index in [-0.39, 0.29) is 55.9 Å². The molecule has 3 aliphatic carbocycles. The van der Waals surface area contributed by atoms with E-state index in [2.05, 4.69) is 13.3 Å². The van der Waals surface area contributed by atoms with Crippen LogP contribution in [0.1, 0.15) is 132 Å². The Kier molecular flexibility index (Phi) is 32.9. The summed E-state index contributed by atoms with van der Waals surface area (Å²) in [5.41, 5.74) is 3.17. The van der Waals surface area contributed by atoms with Gasteiger partial charge in [0.05, 0.1) is 46.2 Å². The van der Waals surface area contributed by atoms with Crippen molar-refractivity contribution in [3.8, 4) is 0 Å². The van der Waals surface area contributed by atoms with Gasteiger partial charge in [0.25, 0.3) is 0 Å². The van der Waals surface area contributed by atoms with Gasteiger partial charge >= 0.3 is 34.3 Å². The number of carbonyl (C=O) groups is 4. The normalized spacial score (nSPS) is 16.5. The first-order chi connectivity index (χ1) is 30.4. The number of benzene rings is 3. The summed E-state index contributed by atoms with van der Waals surface area (Å²) in [5, 5.41) is 24.6. The van der Waals surface area contributed by atoms with Crippen LogP contribution >= 0.6 is 24.8 Å². The Morgan fingerprint density at radius 1 is 0.538 bits per heavy atom. The average Bonchev–Trinajstić information content (AvgIpc) is 3.34. The summed E-state index contributed by atoms with van der Waals surface area (Å²) in [6, 6.07) is 29.8. The molecule has 3 aromatic rings. The summed E-state index contributed by atoms with van der Waals surface area (Å²) < 4.78 is 39.7. The molecule has 6 rings (SSSR count). The number of aliphatic hydroxyl groups excluding tert-OH is 1. The first-order valence-corrected chi connectivity index (χ1v) is 23.1. The molecule has 17 heteroatoms. The third-order valence-corrected chi connectivity index (χ3v) is 12.3. The molecule has 3 saturated carbocycles. The molecule has 3 fully saturated rings. The maximum atomic E-state index is 12.0. The van der Waals surface area contributed by atoms with E-state index in [1.54, 1.807) is 0 Å². The summed E-state index contributed by atoms with van der Waals surface area (Å²) >= 11 is 0. The van der Waals surface area contributed by atoms with Crippen LogP contribution in [0, 0.1) is 17.8 Å². The molecule has 0 radical (unpaired) electrons. The van der Waals surface area contributed by atoms with Crippen molar-refractivity contribution in [2.24, 2.45) is 17.8 Å². The highest BCUT2D eigenvalue weighted by Crippen LogP contribution is 2.39. The fourth-order valence-electron chi connectivity index (χ4n) is 8.55. The predicted molar refractivity (Wildman–Crippen MR) is 254 cm³/mol. The lowest BCUT2D eigenvalue weighted by atomic mass is 9.77. The van der Waals surface area contributed by atoms with Gasteiger partial charge in [-0.1, -0.05) is 153 Å². The van der Waals surface area contributed by atoms with Gasteiger partial charge in [-0.25, -0.2) is 14.2 Å². The minimum absolute atomic E-state index is 0. The molecule has 368 valence electrons. The Morgan fingerprint density at radius 3 is 1.03 bits per heavy atom. The summed E-state index contributed by atoms with van der Waals surface area (Å²) in [5.74, 6) is -0.630. The van der Waals surface area contributed by atoms with Gasteiger partial charge in [-0.2, -0.15) is 8.42 Å². The zero-order valence-electron chi connectivity index (χ0n) is 38.0. The van der Waals surface area contributed by atoms with Gasteiger partial charge in [0.2, 0.25) is 0 Å². The van der Waals surface area contributed by atoms with Crippen LogP contribution in [0.25, 0.3) is 0 Å². The highest BCUT2D eigenvalue weighted by Gasteiger charge is 2.33. The smallest absolute Gasteiger partial charge is 0.426 e. The van der Waals surface area contributed by atoms with Gasteiger partial charge in [-0.15, -0.1) is 24.8 Å². The molecule has 0 amide bonds. The quantitative estimate of drug-likeness (QED) is 0.0668. The summed E-state index contributed by atoms with van der Waals surface area (Å²) in [6.45, 7) is -0.531. The van der Waals surface area contributed by atoms with Crippen LogP contribution in [-0.4, -0.2) is 82.8 Å². The molecule has 65 heavy (non-hydrogen) atoms. The number of carbonyl (C=O) groups excluding carboxylic acids is 3. The first-order valence-electron chi connectivity index (χ1n) is 21.7. The minimum Gasteiger partial charge on any atom is -0.481 e. The lowest BCUT2D eigenvalue weighted by molar-refractivity contribution is -0.145. The van der Waals surface area contributed by atoms with E-state index in [4.69, 9.17) is 19.8 Å². The standard InChI is InChI=1S/2C15H20O2.C14H18O2.C3H6O3.CH4O5S.2ClH.H2/c2*1-17-15(16)14(12-8-4-2-5-9-12)13-10-6-3-7-11-13;15-14(16)13(11-7-3-1-4-8-11)12-9-5-2-6-10-12;1-6-3(5)2-4;1-5-7(3,4)6-2;;;/h2*2,4-5,8-9,13-14H,3,6-7,10-11H2,1H3;1,3-4,7-8,12-13H,2,5-6,9-10H2,(H,15,16);4H,2H2,1H3;2H,1H3;3*1H. The van der Waals surface area contributed by atoms with Crippen LogP contribution in [0.15, 0.2) is 91.0 Å². The third kappa shape index (κ3) is 22.8. The molecule has 0 heterocycles. The molecule has 0 aromatic heterocycles. The average molecular weight is 976 g/mol. The van der Waals surface area contributed by atoms with Crippen molar-refractivity contribution in [3.63, 3.8) is 0 Å². The van der Waals surface area contributed by atoms with Crippen molar-refractivity contribution >= 4 is 59.1 Å². The third-order valence-electron chi connectivity index (χ3n) is 11.7. The SMILES string of the molecule is COC(=O)C(c1ccccc1)C1CCCCC1.COC(=O)C(c1ccccc1)C1CCCCC1.COC(=O)CO.COS(=O)(=O)OO.Cl.Cl.O=C(O)C(c1ccccc1)C1CCCCC1.[HH]. The maximum Gasteiger partial charge on any atom is 0.426 e. The maximum absolute atomic E-state index is 12.0. The van der Waals surface area contributed by atoms with Crippen LogP contribution in [0.3, 0.4) is 0 Å². The zero-order chi connectivity index (χ0) is 46.5. The Hall–Kier alpha value is -4.09. The van der Waals surface area contributed by atoms with Crippen molar-refractivity contribution in [1.29, 1.82) is 0 Å². The largest absolute Gasteiger partial charge is 0.481 e. The Balaban J connectivity index is 0. The number of hydrogen-bond donors (Lipinski definition) is 3. The molecule has 14 nitrogen and oxygen atoms in total. The number of esters is 3. The van der Waals surface area contributed by atoms with Crippen LogP contribution in [0.4, 0.5) is 0 Å². The lowest BCUT2D eigenvalue weighted by Gasteiger charge is -2.28. The van der Waals surface area contributed by atoms with E-state index < -0.39 is 28.9 Å². The van der Waals surface area contributed by atoms with E-state index in [1.807, 2.05) is 91.0 Å². The van der Waals surface area contributed by atoms with Crippen molar-refractivity contribution in [1.82, 2.24) is 0 Å². The molecular weight excluding hydrogens is 903 g/mol. The van der Waals surface area contributed by atoms with Gasteiger partial charge in [0, 0.05) is 1.43 Å². The molecule has 0 bridgehead atoms. The Labute approximate surface area is 399 Å². The van der Waals surface area contributed by atoms with Gasteiger partial charge in [0.15, 0.2) is 0 Å². The topological polar surface area (TPSA) is 209 Å². The summed E-state index contributed by atoms with van der Waals surface area (Å²) in [7, 11) is 0.960. The van der Waals surface area contributed by atoms with Gasteiger partial charge in [0.1, 0.15) is 6.61 Å². The van der Waals surface area contributed by atoms with Gasteiger partial charge < -0.3 is 24.4 Å². The number of aliphatic carboxylic acids is 1. The molecule has 0 spiro atoms. The fourth-order valence-corrected chi connectivity index (χ4v) is 8.61. The van der Waals surface area contributed by atoms with Crippen LogP contribution in [-0.2, 0) is 52.3 Å². The number of hydrogen-bond acceptors (Lipinski definition) is 13. The van der Waals surface area contributed by atoms with Gasteiger partial charge in [-0.05, 0) is 73.0 Å². The van der Waals surface area contributed by atoms with Crippen LogP contribution in [0.2, 0.25) is 0 Å². The van der Waals surface area contributed by atoms with E-state index in [0.717, 1.165) is 62.3 Å². The number of methoxy groups -OCH3 is 3. The second-order valence-electron chi connectivity index (χ2n) is 15.6. The van der Waals surface area contributed by atoms with Crippen molar-refractivity contribution < 1.29 is 67.2 Å². The Morgan fingerprint density at radius 2 is 0.831 bits per heavy atom. The minimum atomic E-state index is -4.10. The summed E-state index contributed by atoms with van der Waals surface area (Å²) in [4.78, 5) is 45.1. The molecular formula is C48H72Cl2O14S. The van der Waals surface area contributed by atoms with Crippen LogP contribution < -0.4 is 0 Å². The number of carboxylic acids is 1. The summed E-state index contributed by atoms with van der Waals surface area (Å²) in [6.07, 6.45) is 17.9. The molecule has 3 atom stereocenters. The second-order valence-corrected chi connectivity index (χ2v) is 16.9.